The van der Waals surface area contributed by atoms with Crippen molar-refractivity contribution >= 4 is 14.3 Å². The van der Waals surface area contributed by atoms with Gasteiger partial charge in [0.15, 0.2) is 8.32 Å². The smallest absolute Gasteiger partial charge is 0.305 e. The van der Waals surface area contributed by atoms with Crippen LogP contribution in [-0.4, -0.2) is 93.6 Å². The van der Waals surface area contributed by atoms with Gasteiger partial charge in [0, 0.05) is 6.42 Å². The lowest BCUT2D eigenvalue weighted by Gasteiger charge is -2.16. The summed E-state index contributed by atoms with van der Waals surface area (Å²) in [5.74, 6) is -0.133. The molecule has 0 saturated heterocycles. The zero-order valence-electron chi connectivity index (χ0n) is 21.7. The van der Waals surface area contributed by atoms with E-state index in [4.69, 9.17) is 32.8 Å². The number of rotatable bonds is 26. The number of hydrogen-bond acceptors (Lipinski definition) is 8. The van der Waals surface area contributed by atoms with E-state index in [0.717, 1.165) is 12.8 Å². The lowest BCUT2D eigenvalue weighted by molar-refractivity contribution is -0.145. The highest BCUT2D eigenvalue weighted by Crippen LogP contribution is 2.07. The summed E-state index contributed by atoms with van der Waals surface area (Å²) in [6.07, 6.45) is 7.49. The van der Waals surface area contributed by atoms with Crippen molar-refractivity contribution in [2.75, 3.05) is 79.3 Å². The van der Waals surface area contributed by atoms with Gasteiger partial charge in [-0.2, -0.15) is 0 Å². The fourth-order valence-corrected chi connectivity index (χ4v) is 3.42. The van der Waals surface area contributed by atoms with E-state index in [-0.39, 0.29) is 5.97 Å². The number of carbonyl (C=O) groups excluding carboxylic acids is 1. The third-order valence-electron chi connectivity index (χ3n) is 4.48. The normalized spacial score (nSPS) is 11.8. The Kier molecular flexibility index (Phi) is 24.2. The molecule has 0 unspecified atom stereocenters. The Labute approximate surface area is 203 Å². The lowest BCUT2D eigenvalue weighted by Crippen LogP contribution is -2.27. The molecule has 0 aromatic heterocycles. The molecule has 8 nitrogen and oxygen atoms in total. The molecule has 0 aliphatic carbocycles. The van der Waals surface area contributed by atoms with Crippen LogP contribution in [0.2, 0.25) is 19.6 Å². The summed E-state index contributed by atoms with van der Waals surface area (Å²) in [5, 5.41) is 0. The molecule has 0 heterocycles. The molecule has 0 fully saturated rings. The average Bonchev–Trinajstić information content (AvgIpc) is 2.77. The van der Waals surface area contributed by atoms with E-state index in [9.17, 15) is 4.79 Å². The molecule has 0 aliphatic rings. The molecule has 0 aliphatic heterocycles. The Bertz CT molecular complexity index is 418. The quantitative estimate of drug-likeness (QED) is 0.100. The zero-order chi connectivity index (χ0) is 24.5. The van der Waals surface area contributed by atoms with Gasteiger partial charge in [0.25, 0.3) is 0 Å². The van der Waals surface area contributed by atoms with Crippen LogP contribution in [0.15, 0.2) is 0 Å². The van der Waals surface area contributed by atoms with Crippen LogP contribution in [0.1, 0.15) is 51.9 Å². The van der Waals surface area contributed by atoms with Crippen molar-refractivity contribution in [2.24, 2.45) is 0 Å². The number of ether oxygens (including phenoxy) is 6. The first-order chi connectivity index (χ1) is 16.0. The van der Waals surface area contributed by atoms with E-state index in [0.29, 0.717) is 85.7 Å². The SMILES string of the molecule is CCCCCCCCC(=O)OCCOCCOCCOCCOCCOCCO[Si](C)(C)C. The van der Waals surface area contributed by atoms with Crippen LogP contribution in [-0.2, 0) is 37.6 Å². The summed E-state index contributed by atoms with van der Waals surface area (Å²) < 4.78 is 38.0. The third-order valence-corrected chi connectivity index (χ3v) is 5.55. The standard InChI is InChI=1S/C24H50O8Si/c1-5-6-7-8-9-10-11-24(25)31-22-20-29-18-16-27-14-12-26-13-15-28-17-19-30-21-23-32-33(2,3)4/h5-23H2,1-4H3. The fraction of sp³-hybridized carbons (Fsp3) is 0.958. The maximum atomic E-state index is 11.6. The maximum absolute atomic E-state index is 11.6. The van der Waals surface area contributed by atoms with Gasteiger partial charge in [0.1, 0.15) is 6.61 Å². The Morgan fingerprint density at radius 3 is 1.39 bits per heavy atom. The van der Waals surface area contributed by atoms with Crippen LogP contribution in [0.5, 0.6) is 0 Å². The van der Waals surface area contributed by atoms with Gasteiger partial charge < -0.3 is 32.8 Å². The Morgan fingerprint density at radius 1 is 0.545 bits per heavy atom. The van der Waals surface area contributed by atoms with Crippen LogP contribution in [0.4, 0.5) is 0 Å². The van der Waals surface area contributed by atoms with Crippen LogP contribution >= 0.6 is 0 Å². The number of hydrogen-bond donors (Lipinski definition) is 0. The van der Waals surface area contributed by atoms with E-state index in [1.54, 1.807) is 0 Å². The van der Waals surface area contributed by atoms with Gasteiger partial charge in [-0.15, -0.1) is 0 Å². The van der Waals surface area contributed by atoms with Gasteiger partial charge in [0.05, 0.1) is 72.7 Å². The van der Waals surface area contributed by atoms with Crippen molar-refractivity contribution in [3.05, 3.63) is 0 Å². The molecule has 198 valence electrons. The van der Waals surface area contributed by atoms with E-state index >= 15 is 0 Å². The van der Waals surface area contributed by atoms with E-state index in [1.165, 1.54) is 25.7 Å². The highest BCUT2D eigenvalue weighted by Gasteiger charge is 2.13. The molecule has 33 heavy (non-hydrogen) atoms. The van der Waals surface area contributed by atoms with Gasteiger partial charge in [-0.25, -0.2) is 0 Å². The summed E-state index contributed by atoms with van der Waals surface area (Å²) in [6, 6.07) is 0. The van der Waals surface area contributed by atoms with Gasteiger partial charge in [-0.1, -0.05) is 39.0 Å². The summed E-state index contributed by atoms with van der Waals surface area (Å²) in [7, 11) is -1.44. The monoisotopic (exact) mass is 494 g/mol. The summed E-state index contributed by atoms with van der Waals surface area (Å²) in [6.45, 7) is 14.8. The van der Waals surface area contributed by atoms with E-state index in [2.05, 4.69) is 26.6 Å². The number of unbranched alkanes of at least 4 members (excludes halogenated alkanes) is 5. The predicted molar refractivity (Wildman–Crippen MR) is 132 cm³/mol. The van der Waals surface area contributed by atoms with Crippen molar-refractivity contribution in [3.63, 3.8) is 0 Å². The number of esters is 1. The second kappa shape index (κ2) is 24.6. The summed E-state index contributed by atoms with van der Waals surface area (Å²) in [5.41, 5.74) is 0. The Hall–Kier alpha value is -0.553. The lowest BCUT2D eigenvalue weighted by atomic mass is 10.1. The second-order valence-corrected chi connectivity index (χ2v) is 13.3. The first-order valence-corrected chi connectivity index (χ1v) is 16.0. The minimum atomic E-state index is -1.44. The van der Waals surface area contributed by atoms with Crippen molar-refractivity contribution in [1.29, 1.82) is 0 Å². The van der Waals surface area contributed by atoms with Crippen molar-refractivity contribution < 1.29 is 37.6 Å². The van der Waals surface area contributed by atoms with Crippen LogP contribution in [0.3, 0.4) is 0 Å². The Balaban J connectivity index is 3.13. The number of carbonyl (C=O) groups is 1. The summed E-state index contributed by atoms with van der Waals surface area (Å²) in [4.78, 5) is 11.6. The predicted octanol–water partition coefficient (Wildman–Crippen LogP) is 4.21. The maximum Gasteiger partial charge on any atom is 0.305 e. The second-order valence-electron chi connectivity index (χ2n) is 8.76. The molecule has 0 aromatic carbocycles. The molecule has 9 heteroatoms. The largest absolute Gasteiger partial charge is 0.463 e. The molecule has 0 atom stereocenters. The molecule has 0 spiro atoms. The van der Waals surface area contributed by atoms with Crippen molar-refractivity contribution in [1.82, 2.24) is 0 Å². The van der Waals surface area contributed by atoms with Crippen LogP contribution in [0.25, 0.3) is 0 Å². The van der Waals surface area contributed by atoms with Crippen molar-refractivity contribution in [3.8, 4) is 0 Å². The third kappa shape index (κ3) is 29.4. The van der Waals surface area contributed by atoms with Crippen molar-refractivity contribution in [2.45, 2.75) is 71.5 Å². The van der Waals surface area contributed by atoms with Gasteiger partial charge in [-0.3, -0.25) is 4.79 Å². The van der Waals surface area contributed by atoms with E-state index < -0.39 is 8.32 Å². The van der Waals surface area contributed by atoms with E-state index in [1.807, 2.05) is 0 Å². The highest BCUT2D eigenvalue weighted by atomic mass is 28.4. The molecule has 0 saturated carbocycles. The first kappa shape index (κ1) is 32.4. The van der Waals surface area contributed by atoms with Gasteiger partial charge in [-0.05, 0) is 26.1 Å². The molecule has 0 amide bonds. The first-order valence-electron chi connectivity index (χ1n) is 12.6. The molecular formula is C24H50O8Si. The highest BCUT2D eigenvalue weighted by molar-refractivity contribution is 6.69. The summed E-state index contributed by atoms with van der Waals surface area (Å²) >= 11 is 0. The minimum absolute atomic E-state index is 0.133. The minimum Gasteiger partial charge on any atom is -0.463 e. The fourth-order valence-electron chi connectivity index (χ4n) is 2.72. The average molecular weight is 495 g/mol. The molecule has 0 N–H and O–H groups in total. The molecule has 0 rings (SSSR count). The molecular weight excluding hydrogens is 444 g/mol. The topological polar surface area (TPSA) is 81.7 Å². The van der Waals surface area contributed by atoms with Gasteiger partial charge in [0.2, 0.25) is 0 Å². The molecule has 0 bridgehead atoms. The van der Waals surface area contributed by atoms with Crippen LogP contribution in [0, 0.1) is 0 Å². The molecule has 0 radical (unpaired) electrons. The molecule has 0 aromatic rings. The van der Waals surface area contributed by atoms with Gasteiger partial charge >= 0.3 is 5.97 Å². The van der Waals surface area contributed by atoms with Crippen LogP contribution < -0.4 is 0 Å². The zero-order valence-corrected chi connectivity index (χ0v) is 22.7. The Morgan fingerprint density at radius 2 is 0.939 bits per heavy atom.